The summed E-state index contributed by atoms with van der Waals surface area (Å²) in [5.74, 6) is 3.72. The van der Waals surface area contributed by atoms with Crippen molar-refractivity contribution in [2.75, 3.05) is 24.6 Å². The van der Waals surface area contributed by atoms with Crippen molar-refractivity contribution in [3.05, 3.63) is 12.7 Å². The number of rotatable bonds is 2. The fourth-order valence-corrected chi connectivity index (χ4v) is 3.94. The Bertz CT molecular complexity index is 277. The largest absolute Gasteiger partial charge is 0.370 e. The van der Waals surface area contributed by atoms with Gasteiger partial charge in [-0.3, -0.25) is 4.99 Å². The van der Waals surface area contributed by atoms with Crippen LogP contribution in [0.15, 0.2) is 17.6 Å². The highest BCUT2D eigenvalue weighted by molar-refractivity contribution is 7.99. The van der Waals surface area contributed by atoms with Crippen molar-refractivity contribution in [1.82, 2.24) is 4.90 Å². The average molecular weight is 211 g/mol. The smallest absolute Gasteiger partial charge is 0.192 e. The van der Waals surface area contributed by atoms with Gasteiger partial charge in [-0.2, -0.15) is 11.8 Å². The van der Waals surface area contributed by atoms with E-state index in [1.807, 2.05) is 17.8 Å². The van der Waals surface area contributed by atoms with Crippen LogP contribution >= 0.6 is 11.8 Å². The molecule has 2 rings (SSSR count). The van der Waals surface area contributed by atoms with Gasteiger partial charge in [-0.15, -0.1) is 6.58 Å². The summed E-state index contributed by atoms with van der Waals surface area (Å²) in [7, 11) is 0. The fourth-order valence-electron chi connectivity index (χ4n) is 2.28. The van der Waals surface area contributed by atoms with Gasteiger partial charge in [0.1, 0.15) is 0 Å². The van der Waals surface area contributed by atoms with E-state index in [1.165, 1.54) is 5.75 Å². The molecule has 0 saturated carbocycles. The van der Waals surface area contributed by atoms with Gasteiger partial charge in [0.05, 0.1) is 12.1 Å². The lowest BCUT2D eigenvalue weighted by molar-refractivity contribution is 0.191. The van der Waals surface area contributed by atoms with Crippen molar-refractivity contribution in [2.45, 2.75) is 12.5 Å². The summed E-state index contributed by atoms with van der Waals surface area (Å²) >= 11 is 2.01. The molecule has 0 aromatic carbocycles. The lowest BCUT2D eigenvalue weighted by Gasteiger charge is -2.38. The molecule has 2 aliphatic heterocycles. The quantitative estimate of drug-likeness (QED) is 0.691. The summed E-state index contributed by atoms with van der Waals surface area (Å²) in [5, 5.41) is 0. The van der Waals surface area contributed by atoms with Crippen molar-refractivity contribution in [2.24, 2.45) is 16.6 Å². The zero-order valence-electron chi connectivity index (χ0n) is 8.57. The van der Waals surface area contributed by atoms with E-state index in [-0.39, 0.29) is 5.54 Å². The molecule has 0 aromatic rings. The van der Waals surface area contributed by atoms with E-state index < -0.39 is 0 Å². The maximum absolute atomic E-state index is 5.90. The van der Waals surface area contributed by atoms with Gasteiger partial charge >= 0.3 is 0 Å². The van der Waals surface area contributed by atoms with E-state index >= 15 is 0 Å². The minimum Gasteiger partial charge on any atom is -0.370 e. The SMILES string of the molecule is C=CCN1C(N)=NCC12CSCC2C. The number of nitrogens with two attached hydrogens (primary N) is 1. The molecule has 2 atom stereocenters. The number of nitrogens with zero attached hydrogens (tertiary/aromatic N) is 2. The minimum absolute atomic E-state index is 0.183. The predicted octanol–water partition coefficient (Wildman–Crippen LogP) is 0.924. The average Bonchev–Trinajstić information content (AvgIpc) is 2.67. The zero-order chi connectivity index (χ0) is 10.2. The third-order valence-corrected chi connectivity index (χ3v) is 4.72. The molecule has 1 saturated heterocycles. The van der Waals surface area contributed by atoms with E-state index in [0.717, 1.165) is 18.8 Å². The second kappa shape index (κ2) is 3.50. The maximum Gasteiger partial charge on any atom is 0.192 e. The van der Waals surface area contributed by atoms with E-state index in [9.17, 15) is 0 Å². The Hall–Kier alpha value is -0.640. The lowest BCUT2D eigenvalue weighted by Crippen LogP contribution is -2.55. The van der Waals surface area contributed by atoms with Crippen molar-refractivity contribution < 1.29 is 0 Å². The van der Waals surface area contributed by atoms with Gasteiger partial charge in [-0.1, -0.05) is 13.0 Å². The Labute approximate surface area is 89.4 Å². The molecule has 4 heteroatoms. The van der Waals surface area contributed by atoms with Crippen LogP contribution in [0.2, 0.25) is 0 Å². The molecule has 2 heterocycles. The molecule has 0 bridgehead atoms. The molecule has 2 unspecified atom stereocenters. The number of guanidine groups is 1. The summed E-state index contributed by atoms with van der Waals surface area (Å²) in [5.41, 5.74) is 6.08. The second-order valence-electron chi connectivity index (χ2n) is 4.09. The van der Waals surface area contributed by atoms with Crippen LogP contribution in [0, 0.1) is 5.92 Å². The number of thioether (sulfide) groups is 1. The molecule has 2 aliphatic rings. The number of hydrogen-bond donors (Lipinski definition) is 1. The first-order chi connectivity index (χ1) is 6.70. The van der Waals surface area contributed by atoms with Crippen LogP contribution < -0.4 is 5.73 Å². The normalized spacial score (nSPS) is 36.5. The van der Waals surface area contributed by atoms with Gasteiger partial charge in [0.2, 0.25) is 0 Å². The molecule has 0 aliphatic carbocycles. The van der Waals surface area contributed by atoms with Crippen LogP contribution in [-0.4, -0.2) is 41.0 Å². The van der Waals surface area contributed by atoms with Crippen molar-refractivity contribution >= 4 is 17.7 Å². The van der Waals surface area contributed by atoms with Crippen molar-refractivity contribution in [3.63, 3.8) is 0 Å². The monoisotopic (exact) mass is 211 g/mol. The van der Waals surface area contributed by atoms with E-state index in [0.29, 0.717) is 11.9 Å². The van der Waals surface area contributed by atoms with Gasteiger partial charge in [0.15, 0.2) is 5.96 Å². The Kier molecular flexibility index (Phi) is 2.47. The molecular weight excluding hydrogens is 194 g/mol. The van der Waals surface area contributed by atoms with Gasteiger partial charge < -0.3 is 10.6 Å². The molecule has 0 radical (unpaired) electrons. The highest BCUT2D eigenvalue weighted by atomic mass is 32.2. The summed E-state index contributed by atoms with van der Waals surface area (Å²) < 4.78 is 0. The van der Waals surface area contributed by atoms with E-state index in [1.54, 1.807) is 0 Å². The lowest BCUT2D eigenvalue weighted by atomic mass is 9.87. The molecule has 2 N–H and O–H groups in total. The summed E-state index contributed by atoms with van der Waals surface area (Å²) in [6.07, 6.45) is 1.91. The Morgan fingerprint density at radius 1 is 1.86 bits per heavy atom. The first kappa shape index (κ1) is 9.90. The number of hydrogen-bond acceptors (Lipinski definition) is 4. The van der Waals surface area contributed by atoms with Crippen LogP contribution in [0.1, 0.15) is 6.92 Å². The first-order valence-corrected chi connectivity index (χ1v) is 6.12. The van der Waals surface area contributed by atoms with Crippen molar-refractivity contribution in [1.29, 1.82) is 0 Å². The molecular formula is C10H17N3S. The zero-order valence-corrected chi connectivity index (χ0v) is 9.39. The van der Waals surface area contributed by atoms with Gasteiger partial charge in [0.25, 0.3) is 0 Å². The molecule has 0 amide bonds. The molecule has 1 spiro atoms. The van der Waals surface area contributed by atoms with E-state index in [4.69, 9.17) is 5.73 Å². The summed E-state index contributed by atoms with van der Waals surface area (Å²) in [6, 6.07) is 0. The highest BCUT2D eigenvalue weighted by Crippen LogP contribution is 2.40. The minimum atomic E-state index is 0.183. The number of aliphatic imine (C=N–C) groups is 1. The Balaban J connectivity index is 2.23. The maximum atomic E-state index is 5.90. The van der Waals surface area contributed by atoms with Crippen LogP contribution in [0.25, 0.3) is 0 Å². The highest BCUT2D eigenvalue weighted by Gasteiger charge is 2.49. The van der Waals surface area contributed by atoms with Crippen LogP contribution in [0.4, 0.5) is 0 Å². The predicted molar refractivity (Wildman–Crippen MR) is 62.6 cm³/mol. The van der Waals surface area contributed by atoms with Crippen LogP contribution in [-0.2, 0) is 0 Å². The van der Waals surface area contributed by atoms with Crippen LogP contribution in [0.3, 0.4) is 0 Å². The van der Waals surface area contributed by atoms with Crippen LogP contribution in [0.5, 0.6) is 0 Å². The summed E-state index contributed by atoms with van der Waals surface area (Å²) in [4.78, 5) is 6.61. The van der Waals surface area contributed by atoms with Gasteiger partial charge in [-0.05, 0) is 11.7 Å². The first-order valence-electron chi connectivity index (χ1n) is 4.97. The topological polar surface area (TPSA) is 41.6 Å². The molecule has 14 heavy (non-hydrogen) atoms. The molecule has 1 fully saturated rings. The van der Waals surface area contributed by atoms with Crippen molar-refractivity contribution in [3.8, 4) is 0 Å². The third-order valence-electron chi connectivity index (χ3n) is 3.28. The van der Waals surface area contributed by atoms with Gasteiger partial charge in [-0.25, -0.2) is 0 Å². The van der Waals surface area contributed by atoms with E-state index in [2.05, 4.69) is 23.4 Å². The Morgan fingerprint density at radius 2 is 2.64 bits per heavy atom. The fraction of sp³-hybridized carbons (Fsp3) is 0.700. The second-order valence-corrected chi connectivity index (χ2v) is 5.12. The molecule has 0 aromatic heterocycles. The standard InChI is InChI=1S/C10H17N3S/c1-3-4-13-9(11)12-6-10(13)7-14-5-8(10)2/h3,8H,1,4-7H2,2H3,(H2,11,12). The summed E-state index contributed by atoms with van der Waals surface area (Å²) in [6.45, 7) is 7.76. The Morgan fingerprint density at radius 3 is 3.21 bits per heavy atom. The molecule has 3 nitrogen and oxygen atoms in total. The third kappa shape index (κ3) is 1.24. The van der Waals surface area contributed by atoms with Gasteiger partial charge in [0, 0.05) is 12.3 Å². The molecule has 78 valence electrons.